The maximum absolute atomic E-state index is 13.8. The van der Waals surface area contributed by atoms with Crippen LogP contribution < -0.4 is 5.56 Å². The van der Waals surface area contributed by atoms with Crippen molar-refractivity contribution < 1.29 is 4.52 Å². The molecule has 0 spiro atoms. The third kappa shape index (κ3) is 3.91. The smallest absolute Gasteiger partial charge is 0.263 e. The lowest BCUT2D eigenvalue weighted by Gasteiger charge is -2.19. The van der Waals surface area contributed by atoms with Crippen LogP contribution in [0.2, 0.25) is 0 Å². The quantitative estimate of drug-likeness (QED) is 0.442. The number of aryl methyl sites for hydroxylation is 1. The number of aromatic nitrogens is 4. The van der Waals surface area contributed by atoms with E-state index in [-0.39, 0.29) is 12.1 Å². The van der Waals surface area contributed by atoms with Gasteiger partial charge in [-0.2, -0.15) is 4.98 Å². The van der Waals surface area contributed by atoms with E-state index in [1.165, 1.54) is 23.3 Å². The first-order valence-electron chi connectivity index (χ1n) is 11.8. The fraction of sp³-hybridized carbons (Fsp3) is 0.440. The number of hydrogen-bond acceptors (Lipinski definition) is 7. The number of nitrogens with zero attached hydrogens (tertiary/aromatic N) is 5. The van der Waals surface area contributed by atoms with Crippen molar-refractivity contribution in [3.63, 3.8) is 0 Å². The molecule has 3 aromatic heterocycles. The zero-order chi connectivity index (χ0) is 22.4. The monoisotopic (exact) mass is 461 g/mol. The van der Waals surface area contributed by atoms with Crippen LogP contribution in [0, 0.1) is 5.92 Å². The summed E-state index contributed by atoms with van der Waals surface area (Å²) in [4.78, 5) is 28.1. The largest absolute Gasteiger partial charge is 0.337 e. The highest BCUT2D eigenvalue weighted by Crippen LogP contribution is 2.36. The summed E-state index contributed by atoms with van der Waals surface area (Å²) in [5.74, 6) is 2.42. The minimum Gasteiger partial charge on any atom is -0.337 e. The molecule has 33 heavy (non-hydrogen) atoms. The fourth-order valence-corrected chi connectivity index (χ4v) is 6.44. The van der Waals surface area contributed by atoms with Gasteiger partial charge >= 0.3 is 0 Å². The lowest BCUT2D eigenvalue weighted by molar-refractivity contribution is 0.310. The Morgan fingerprint density at radius 2 is 1.94 bits per heavy atom. The van der Waals surface area contributed by atoms with E-state index in [4.69, 9.17) is 9.51 Å². The van der Waals surface area contributed by atoms with E-state index in [1.807, 2.05) is 30.3 Å². The molecule has 0 bridgehead atoms. The minimum atomic E-state index is 0.0284. The molecule has 0 unspecified atom stereocenters. The highest BCUT2D eigenvalue weighted by atomic mass is 32.1. The first kappa shape index (κ1) is 20.7. The third-order valence-electron chi connectivity index (χ3n) is 6.85. The van der Waals surface area contributed by atoms with Gasteiger partial charge in [0.05, 0.1) is 11.9 Å². The van der Waals surface area contributed by atoms with Crippen molar-refractivity contribution in [2.45, 2.75) is 52.1 Å². The molecule has 8 heteroatoms. The Kier molecular flexibility index (Phi) is 5.34. The maximum Gasteiger partial charge on any atom is 0.263 e. The van der Waals surface area contributed by atoms with Gasteiger partial charge in [-0.1, -0.05) is 42.4 Å². The van der Waals surface area contributed by atoms with Crippen molar-refractivity contribution in [1.82, 2.24) is 24.6 Å². The normalized spacial score (nSPS) is 18.8. The summed E-state index contributed by atoms with van der Waals surface area (Å²) >= 11 is 1.71. The summed E-state index contributed by atoms with van der Waals surface area (Å²) in [6.07, 6.45) is 5.51. The summed E-state index contributed by atoms with van der Waals surface area (Å²) in [6, 6.07) is 9.75. The van der Waals surface area contributed by atoms with Crippen molar-refractivity contribution in [1.29, 1.82) is 0 Å². The van der Waals surface area contributed by atoms with Crippen LogP contribution in [0.25, 0.3) is 21.6 Å². The molecule has 6 rings (SSSR count). The molecule has 1 aliphatic heterocycles. The van der Waals surface area contributed by atoms with Crippen molar-refractivity contribution in [3.05, 3.63) is 62.8 Å². The number of likely N-dealkylation sites (tertiary alicyclic amines) is 1. The van der Waals surface area contributed by atoms with Gasteiger partial charge in [0.2, 0.25) is 11.7 Å². The Hall–Kier alpha value is -2.84. The molecule has 170 valence electrons. The van der Waals surface area contributed by atoms with Crippen LogP contribution in [0.15, 0.2) is 39.6 Å². The van der Waals surface area contributed by atoms with Crippen LogP contribution in [0.4, 0.5) is 0 Å². The van der Waals surface area contributed by atoms with Crippen molar-refractivity contribution in [2.24, 2.45) is 5.92 Å². The van der Waals surface area contributed by atoms with Gasteiger partial charge in [-0.05, 0) is 56.7 Å². The average Bonchev–Trinajstić information content (AvgIpc) is 3.57. The van der Waals surface area contributed by atoms with Gasteiger partial charge in [-0.25, -0.2) is 4.98 Å². The van der Waals surface area contributed by atoms with E-state index >= 15 is 0 Å². The van der Waals surface area contributed by atoms with Gasteiger partial charge in [-0.15, -0.1) is 11.3 Å². The third-order valence-corrected chi connectivity index (χ3v) is 8.00. The molecule has 2 aliphatic rings. The molecule has 0 N–H and O–H groups in total. The summed E-state index contributed by atoms with van der Waals surface area (Å²) in [5, 5.41) is 4.95. The van der Waals surface area contributed by atoms with E-state index in [1.54, 1.807) is 15.9 Å². The molecule has 7 nitrogen and oxygen atoms in total. The Balaban J connectivity index is 1.43. The zero-order valence-electron chi connectivity index (χ0n) is 18.8. The van der Waals surface area contributed by atoms with Gasteiger partial charge in [0, 0.05) is 10.4 Å². The summed E-state index contributed by atoms with van der Waals surface area (Å²) < 4.78 is 7.34. The molecular formula is C25H27N5O2S. The summed E-state index contributed by atoms with van der Waals surface area (Å²) in [7, 11) is 0. The van der Waals surface area contributed by atoms with Crippen LogP contribution in [0.3, 0.4) is 0 Å². The first-order chi connectivity index (χ1) is 16.2. The number of hydrogen-bond donors (Lipinski definition) is 0. The average molecular weight is 462 g/mol. The van der Waals surface area contributed by atoms with Crippen molar-refractivity contribution in [2.75, 3.05) is 13.1 Å². The van der Waals surface area contributed by atoms with E-state index < -0.39 is 0 Å². The Bertz CT molecular complexity index is 1350. The molecular weight excluding hydrogens is 434 g/mol. The van der Waals surface area contributed by atoms with E-state index in [0.717, 1.165) is 54.0 Å². The molecule has 4 heterocycles. The van der Waals surface area contributed by atoms with Crippen LogP contribution in [-0.2, 0) is 25.9 Å². The van der Waals surface area contributed by atoms with E-state index in [9.17, 15) is 4.79 Å². The number of fused-ring (bicyclic) bond motifs is 3. The van der Waals surface area contributed by atoms with Crippen LogP contribution in [0.5, 0.6) is 0 Å². The predicted octanol–water partition coefficient (Wildman–Crippen LogP) is 4.28. The predicted molar refractivity (Wildman–Crippen MR) is 128 cm³/mol. The molecule has 0 amide bonds. The fourth-order valence-electron chi connectivity index (χ4n) is 5.05. The van der Waals surface area contributed by atoms with E-state index in [2.05, 4.69) is 22.0 Å². The maximum atomic E-state index is 13.8. The van der Waals surface area contributed by atoms with Gasteiger partial charge < -0.3 is 4.52 Å². The van der Waals surface area contributed by atoms with Gasteiger partial charge in [0.1, 0.15) is 17.2 Å². The highest BCUT2D eigenvalue weighted by molar-refractivity contribution is 7.18. The second-order valence-electron chi connectivity index (χ2n) is 9.31. The lowest BCUT2D eigenvalue weighted by atomic mass is 9.89. The Morgan fingerprint density at radius 3 is 2.76 bits per heavy atom. The molecule has 1 saturated heterocycles. The lowest BCUT2D eigenvalue weighted by Crippen LogP contribution is -2.30. The second kappa shape index (κ2) is 8.50. The molecule has 1 fully saturated rings. The molecule has 0 radical (unpaired) electrons. The Labute approximate surface area is 196 Å². The van der Waals surface area contributed by atoms with Crippen molar-refractivity contribution >= 4 is 21.6 Å². The first-order valence-corrected chi connectivity index (χ1v) is 12.6. The Morgan fingerprint density at radius 1 is 1.12 bits per heavy atom. The standard InChI is InChI=1S/C25H27N5O2S/c1-16-9-10-18-19(13-16)33-24-22(18)25(31)30(20(26-24)14-29-11-5-6-12-29)15-21-27-23(28-32-21)17-7-3-2-4-8-17/h2-4,7-8,16H,5-6,9-15H2,1H3/t16-/m0/s1. The van der Waals surface area contributed by atoms with Gasteiger partial charge in [-0.3, -0.25) is 14.3 Å². The van der Waals surface area contributed by atoms with Crippen LogP contribution >= 0.6 is 11.3 Å². The zero-order valence-corrected chi connectivity index (χ0v) is 19.6. The number of thiophene rings is 1. The second-order valence-corrected chi connectivity index (χ2v) is 10.4. The van der Waals surface area contributed by atoms with Crippen LogP contribution in [-0.4, -0.2) is 37.7 Å². The van der Waals surface area contributed by atoms with Gasteiger partial charge in [0.15, 0.2) is 0 Å². The van der Waals surface area contributed by atoms with Crippen molar-refractivity contribution in [3.8, 4) is 11.4 Å². The molecule has 0 saturated carbocycles. The van der Waals surface area contributed by atoms with E-state index in [0.29, 0.717) is 24.2 Å². The molecule has 1 atom stereocenters. The highest BCUT2D eigenvalue weighted by Gasteiger charge is 2.26. The van der Waals surface area contributed by atoms with Crippen LogP contribution in [0.1, 0.15) is 48.3 Å². The minimum absolute atomic E-state index is 0.0284. The molecule has 1 aliphatic carbocycles. The SMILES string of the molecule is C[C@H]1CCc2c(sc3nc(CN4CCCC4)n(Cc4nc(-c5ccccc5)no4)c(=O)c23)C1. The number of benzene rings is 1. The molecule has 4 aromatic rings. The van der Waals surface area contributed by atoms with Gasteiger partial charge in [0.25, 0.3) is 5.56 Å². The summed E-state index contributed by atoms with van der Waals surface area (Å²) in [6.45, 7) is 5.30. The summed E-state index contributed by atoms with van der Waals surface area (Å²) in [5.41, 5.74) is 2.13. The number of rotatable bonds is 5. The topological polar surface area (TPSA) is 77.1 Å². The molecule has 1 aromatic carbocycles.